The first-order valence-corrected chi connectivity index (χ1v) is 9.25. The first-order valence-electron chi connectivity index (χ1n) is 8.87. The summed E-state index contributed by atoms with van der Waals surface area (Å²) in [5.41, 5.74) is 1.51. The van der Waals surface area contributed by atoms with Gasteiger partial charge in [0.15, 0.2) is 0 Å². The first kappa shape index (κ1) is 22.2. The molecule has 0 bridgehead atoms. The number of anilines is 2. The summed E-state index contributed by atoms with van der Waals surface area (Å²) in [6.07, 6.45) is -4.83. The van der Waals surface area contributed by atoms with Gasteiger partial charge in [0.1, 0.15) is 18.1 Å². The van der Waals surface area contributed by atoms with E-state index >= 15 is 0 Å². The highest BCUT2D eigenvalue weighted by Gasteiger charge is 2.31. The van der Waals surface area contributed by atoms with Crippen LogP contribution in [-0.2, 0) is 11.3 Å². The third-order valence-electron chi connectivity index (χ3n) is 3.87. The van der Waals surface area contributed by atoms with Crippen LogP contribution in [0.4, 0.5) is 24.9 Å². The average molecular weight is 453 g/mol. The van der Waals surface area contributed by atoms with Crippen molar-refractivity contribution < 1.29 is 27.8 Å². The summed E-state index contributed by atoms with van der Waals surface area (Å²) in [7, 11) is 0. The molecule has 0 aliphatic rings. The van der Waals surface area contributed by atoms with Crippen molar-refractivity contribution in [2.75, 3.05) is 17.2 Å². The molecule has 0 saturated carbocycles. The minimum atomic E-state index is -4.83. The Labute approximate surface area is 179 Å². The molecule has 0 atom stereocenters. The zero-order valence-electron chi connectivity index (χ0n) is 15.8. The van der Waals surface area contributed by atoms with E-state index in [9.17, 15) is 18.0 Å². The molecule has 1 heterocycles. The fraction of sp³-hybridized carbons (Fsp3) is 0.150. The Morgan fingerprint density at radius 1 is 1.06 bits per heavy atom. The smallest absolute Gasteiger partial charge is 0.480 e. The zero-order chi connectivity index (χ0) is 22.4. The van der Waals surface area contributed by atoms with Crippen LogP contribution in [0.3, 0.4) is 0 Å². The number of ether oxygens (including phenoxy) is 1. The number of nitrogens with zero attached hydrogens (tertiary/aromatic N) is 2. The van der Waals surface area contributed by atoms with E-state index in [1.165, 1.54) is 24.3 Å². The van der Waals surface area contributed by atoms with Crippen molar-refractivity contribution in [2.45, 2.75) is 12.9 Å². The van der Waals surface area contributed by atoms with Gasteiger partial charge in [0.25, 0.3) is 0 Å². The number of aliphatic carboxylic acids is 1. The van der Waals surface area contributed by atoms with Crippen molar-refractivity contribution in [1.82, 2.24) is 9.97 Å². The van der Waals surface area contributed by atoms with Crippen LogP contribution in [0, 0.1) is 0 Å². The van der Waals surface area contributed by atoms with E-state index < -0.39 is 24.6 Å². The molecule has 11 heteroatoms. The first-order chi connectivity index (χ1) is 14.7. The fourth-order valence-electron chi connectivity index (χ4n) is 2.57. The molecule has 1 aromatic heterocycles. The number of carbonyl (C=O) groups is 1. The van der Waals surface area contributed by atoms with E-state index in [1.54, 1.807) is 18.2 Å². The molecule has 7 nitrogen and oxygen atoms in total. The van der Waals surface area contributed by atoms with Gasteiger partial charge in [-0.1, -0.05) is 35.9 Å². The van der Waals surface area contributed by atoms with E-state index in [4.69, 9.17) is 16.7 Å². The standard InChI is InChI=1S/C20H16ClF3N4O3/c21-14-6-4-12(5-7-14)10-25-17-9-16(27-19(28-17)26-11-18(29)30)13-2-1-3-15(8-13)31-20(22,23)24/h1-9H,10-11H2,(H,29,30)(H2,25,26,27,28). The molecule has 0 fully saturated rings. The molecule has 0 aliphatic heterocycles. The number of rotatable bonds is 8. The Hall–Kier alpha value is -3.53. The second-order valence-electron chi connectivity index (χ2n) is 6.26. The molecule has 0 unspecified atom stereocenters. The molecular formula is C20H16ClF3N4O3. The summed E-state index contributed by atoms with van der Waals surface area (Å²) >= 11 is 5.87. The molecular weight excluding hydrogens is 437 g/mol. The summed E-state index contributed by atoms with van der Waals surface area (Å²) in [4.78, 5) is 19.3. The topological polar surface area (TPSA) is 96.4 Å². The lowest BCUT2D eigenvalue weighted by atomic mass is 10.1. The van der Waals surface area contributed by atoms with Crippen molar-refractivity contribution in [1.29, 1.82) is 0 Å². The van der Waals surface area contributed by atoms with Crippen molar-refractivity contribution in [3.8, 4) is 17.0 Å². The predicted octanol–water partition coefficient (Wildman–Crippen LogP) is 4.80. The van der Waals surface area contributed by atoms with Crippen LogP contribution in [0.5, 0.6) is 5.75 Å². The normalized spacial score (nSPS) is 11.1. The van der Waals surface area contributed by atoms with Gasteiger partial charge in [-0.15, -0.1) is 13.2 Å². The summed E-state index contributed by atoms with van der Waals surface area (Å²) in [6, 6.07) is 13.9. The number of carboxylic acid groups (broad SMARTS) is 1. The number of halogens is 4. The van der Waals surface area contributed by atoms with Gasteiger partial charge in [-0.2, -0.15) is 4.98 Å². The minimum absolute atomic E-state index is 0.000601. The number of hydrogen-bond acceptors (Lipinski definition) is 6. The number of carboxylic acids is 1. The Balaban J connectivity index is 1.88. The number of aromatic nitrogens is 2. The van der Waals surface area contributed by atoms with E-state index in [-0.39, 0.29) is 11.6 Å². The number of nitrogens with one attached hydrogen (secondary N) is 2. The quantitative estimate of drug-likeness (QED) is 0.451. The third-order valence-corrected chi connectivity index (χ3v) is 4.13. The van der Waals surface area contributed by atoms with Crippen LogP contribution in [0.25, 0.3) is 11.3 Å². The van der Waals surface area contributed by atoms with Crippen molar-refractivity contribution in [3.63, 3.8) is 0 Å². The monoisotopic (exact) mass is 452 g/mol. The van der Waals surface area contributed by atoms with Gasteiger partial charge in [-0.05, 0) is 29.8 Å². The molecule has 0 saturated heterocycles. The summed E-state index contributed by atoms with van der Waals surface area (Å²) in [5.74, 6) is -1.18. The zero-order valence-corrected chi connectivity index (χ0v) is 16.5. The molecule has 31 heavy (non-hydrogen) atoms. The third kappa shape index (κ3) is 7.03. The van der Waals surface area contributed by atoms with Crippen molar-refractivity contribution in [3.05, 3.63) is 65.2 Å². The van der Waals surface area contributed by atoms with E-state index in [0.29, 0.717) is 22.9 Å². The maximum atomic E-state index is 12.5. The second-order valence-corrected chi connectivity index (χ2v) is 6.70. The molecule has 3 aromatic rings. The van der Waals surface area contributed by atoms with Crippen LogP contribution < -0.4 is 15.4 Å². The van der Waals surface area contributed by atoms with Crippen LogP contribution in [0.1, 0.15) is 5.56 Å². The van der Waals surface area contributed by atoms with Crippen molar-refractivity contribution in [2.24, 2.45) is 0 Å². The second kappa shape index (κ2) is 9.52. The predicted molar refractivity (Wildman–Crippen MR) is 109 cm³/mol. The Kier molecular flexibility index (Phi) is 6.81. The number of hydrogen-bond donors (Lipinski definition) is 3. The van der Waals surface area contributed by atoms with Gasteiger partial charge >= 0.3 is 12.3 Å². The van der Waals surface area contributed by atoms with Gasteiger partial charge < -0.3 is 20.5 Å². The number of alkyl halides is 3. The maximum Gasteiger partial charge on any atom is 0.573 e. The average Bonchev–Trinajstić information content (AvgIpc) is 2.71. The molecule has 2 aromatic carbocycles. The van der Waals surface area contributed by atoms with E-state index in [1.807, 2.05) is 12.1 Å². The molecule has 162 valence electrons. The van der Waals surface area contributed by atoms with Gasteiger partial charge in [-0.3, -0.25) is 4.79 Å². The molecule has 3 N–H and O–H groups in total. The Bertz CT molecular complexity index is 1060. The molecule has 3 rings (SSSR count). The highest BCUT2D eigenvalue weighted by Crippen LogP contribution is 2.28. The fourth-order valence-corrected chi connectivity index (χ4v) is 2.69. The van der Waals surface area contributed by atoms with E-state index in [2.05, 4.69) is 25.3 Å². The Morgan fingerprint density at radius 2 is 1.81 bits per heavy atom. The SMILES string of the molecule is O=C(O)CNc1nc(NCc2ccc(Cl)cc2)cc(-c2cccc(OC(F)(F)F)c2)n1. The minimum Gasteiger partial charge on any atom is -0.480 e. The summed E-state index contributed by atoms with van der Waals surface area (Å²) in [5, 5.41) is 15.1. The molecule has 0 radical (unpaired) electrons. The van der Waals surface area contributed by atoms with Gasteiger partial charge in [0, 0.05) is 23.2 Å². The molecule has 0 spiro atoms. The summed E-state index contributed by atoms with van der Waals surface area (Å²) < 4.78 is 41.6. The van der Waals surface area contributed by atoms with Crippen LogP contribution in [-0.4, -0.2) is 34.0 Å². The maximum absolute atomic E-state index is 12.5. The summed E-state index contributed by atoms with van der Waals surface area (Å²) in [6.45, 7) is -0.0550. The van der Waals surface area contributed by atoms with Gasteiger partial charge in [0.05, 0.1) is 5.69 Å². The van der Waals surface area contributed by atoms with Crippen LogP contribution >= 0.6 is 11.6 Å². The lowest BCUT2D eigenvalue weighted by Gasteiger charge is -2.12. The van der Waals surface area contributed by atoms with Crippen LogP contribution in [0.15, 0.2) is 54.6 Å². The number of benzene rings is 2. The van der Waals surface area contributed by atoms with Crippen molar-refractivity contribution >= 4 is 29.3 Å². The Morgan fingerprint density at radius 3 is 2.48 bits per heavy atom. The van der Waals surface area contributed by atoms with Gasteiger partial charge in [-0.25, -0.2) is 4.98 Å². The largest absolute Gasteiger partial charge is 0.573 e. The highest BCUT2D eigenvalue weighted by atomic mass is 35.5. The highest BCUT2D eigenvalue weighted by molar-refractivity contribution is 6.30. The van der Waals surface area contributed by atoms with Gasteiger partial charge in [0.2, 0.25) is 5.95 Å². The lowest BCUT2D eigenvalue weighted by Crippen LogP contribution is -2.17. The molecule has 0 amide bonds. The lowest BCUT2D eigenvalue weighted by molar-refractivity contribution is -0.274. The van der Waals surface area contributed by atoms with E-state index in [0.717, 1.165) is 5.56 Å². The molecule has 0 aliphatic carbocycles. The van der Waals surface area contributed by atoms with Crippen LogP contribution in [0.2, 0.25) is 5.02 Å².